The highest BCUT2D eigenvalue weighted by Gasteiger charge is 2.27. The molecule has 1 aromatic heterocycles. The molecule has 0 unspecified atom stereocenters. The van der Waals surface area contributed by atoms with Crippen molar-refractivity contribution in [2.45, 2.75) is 59.0 Å². The fourth-order valence-electron chi connectivity index (χ4n) is 2.54. The Morgan fingerprint density at radius 3 is 2.80 bits per heavy atom. The van der Waals surface area contributed by atoms with Gasteiger partial charge in [-0.2, -0.15) is 0 Å². The largest absolute Gasteiger partial charge is 0.364 e. The van der Waals surface area contributed by atoms with Crippen LogP contribution in [-0.2, 0) is 6.54 Å². The van der Waals surface area contributed by atoms with Crippen molar-refractivity contribution in [1.82, 2.24) is 15.8 Å². The summed E-state index contributed by atoms with van der Waals surface area (Å²) in [5, 5.41) is 10.7. The first-order valence-corrected chi connectivity index (χ1v) is 7.53. The Morgan fingerprint density at radius 2 is 2.20 bits per heavy atom. The summed E-state index contributed by atoms with van der Waals surface area (Å²) in [6, 6.07) is 2.37. The molecule has 0 aromatic carbocycles. The SMILES string of the molecule is CCNC(=NCc1ccon1)NC1CCC(C)(C)CC1. The number of nitrogens with one attached hydrogen (secondary N) is 2. The molecule has 0 saturated heterocycles. The molecule has 5 nitrogen and oxygen atoms in total. The molecule has 0 bridgehead atoms. The van der Waals surface area contributed by atoms with Crippen molar-refractivity contribution in [3.05, 3.63) is 18.0 Å². The third kappa shape index (κ3) is 4.54. The Hall–Kier alpha value is -1.52. The van der Waals surface area contributed by atoms with E-state index in [1.54, 1.807) is 6.26 Å². The van der Waals surface area contributed by atoms with Crippen molar-refractivity contribution in [2.75, 3.05) is 6.54 Å². The first-order chi connectivity index (χ1) is 9.59. The number of rotatable bonds is 4. The minimum atomic E-state index is 0.494. The van der Waals surface area contributed by atoms with Gasteiger partial charge in [-0.25, -0.2) is 4.99 Å². The molecule has 5 heteroatoms. The van der Waals surface area contributed by atoms with Crippen LogP contribution >= 0.6 is 0 Å². The predicted molar refractivity (Wildman–Crippen MR) is 80.5 cm³/mol. The van der Waals surface area contributed by atoms with E-state index in [-0.39, 0.29) is 0 Å². The van der Waals surface area contributed by atoms with Crippen LogP contribution in [0.15, 0.2) is 21.8 Å². The van der Waals surface area contributed by atoms with E-state index in [0.717, 1.165) is 18.2 Å². The molecule has 0 aliphatic heterocycles. The van der Waals surface area contributed by atoms with E-state index in [2.05, 4.69) is 41.6 Å². The molecule has 2 rings (SSSR count). The van der Waals surface area contributed by atoms with Gasteiger partial charge in [-0.3, -0.25) is 0 Å². The maximum absolute atomic E-state index is 4.82. The average Bonchev–Trinajstić information content (AvgIpc) is 2.92. The van der Waals surface area contributed by atoms with Crippen molar-refractivity contribution in [1.29, 1.82) is 0 Å². The highest BCUT2D eigenvalue weighted by atomic mass is 16.5. The molecule has 20 heavy (non-hydrogen) atoms. The van der Waals surface area contributed by atoms with Gasteiger partial charge in [-0.05, 0) is 38.0 Å². The van der Waals surface area contributed by atoms with E-state index in [1.807, 2.05) is 6.07 Å². The number of aliphatic imine (C=N–C) groups is 1. The van der Waals surface area contributed by atoms with Gasteiger partial charge >= 0.3 is 0 Å². The Morgan fingerprint density at radius 1 is 1.45 bits per heavy atom. The van der Waals surface area contributed by atoms with Gasteiger partial charge in [0, 0.05) is 18.7 Å². The number of hydrogen-bond acceptors (Lipinski definition) is 3. The third-order valence-corrected chi connectivity index (χ3v) is 3.91. The van der Waals surface area contributed by atoms with E-state index in [0.29, 0.717) is 18.0 Å². The van der Waals surface area contributed by atoms with Gasteiger partial charge in [0.2, 0.25) is 0 Å². The van der Waals surface area contributed by atoms with E-state index >= 15 is 0 Å². The Balaban J connectivity index is 1.87. The summed E-state index contributed by atoms with van der Waals surface area (Å²) >= 11 is 0. The number of hydrogen-bond donors (Lipinski definition) is 2. The molecule has 112 valence electrons. The van der Waals surface area contributed by atoms with Crippen molar-refractivity contribution >= 4 is 5.96 Å². The smallest absolute Gasteiger partial charge is 0.191 e. The van der Waals surface area contributed by atoms with Crippen LogP contribution < -0.4 is 10.6 Å². The summed E-state index contributed by atoms with van der Waals surface area (Å²) in [5.41, 5.74) is 1.35. The topological polar surface area (TPSA) is 62.5 Å². The molecular weight excluding hydrogens is 252 g/mol. The van der Waals surface area contributed by atoms with Crippen molar-refractivity contribution in [3.8, 4) is 0 Å². The fourth-order valence-corrected chi connectivity index (χ4v) is 2.54. The summed E-state index contributed by atoms with van der Waals surface area (Å²) in [7, 11) is 0. The molecule has 2 N–H and O–H groups in total. The second kappa shape index (κ2) is 6.77. The number of aromatic nitrogens is 1. The first-order valence-electron chi connectivity index (χ1n) is 7.53. The molecule has 0 spiro atoms. The minimum Gasteiger partial charge on any atom is -0.364 e. The molecule has 0 amide bonds. The standard InChI is InChI=1S/C15H26N4O/c1-4-16-14(17-11-13-7-10-20-19-13)18-12-5-8-15(2,3)9-6-12/h7,10,12H,4-6,8-9,11H2,1-3H3,(H2,16,17,18). The van der Waals surface area contributed by atoms with Crippen LogP contribution in [0.3, 0.4) is 0 Å². The lowest BCUT2D eigenvalue weighted by Gasteiger charge is -2.35. The molecular formula is C15H26N4O. The van der Waals surface area contributed by atoms with Gasteiger partial charge in [0.15, 0.2) is 5.96 Å². The lowest BCUT2D eigenvalue weighted by atomic mass is 9.75. The zero-order valence-corrected chi connectivity index (χ0v) is 12.8. The van der Waals surface area contributed by atoms with Crippen LogP contribution in [0.1, 0.15) is 52.1 Å². The lowest BCUT2D eigenvalue weighted by Crippen LogP contribution is -2.45. The van der Waals surface area contributed by atoms with E-state index in [1.165, 1.54) is 25.7 Å². The second-order valence-corrected chi connectivity index (χ2v) is 6.27. The quantitative estimate of drug-likeness (QED) is 0.656. The number of nitrogens with zero attached hydrogens (tertiary/aromatic N) is 2. The van der Waals surface area contributed by atoms with Crippen molar-refractivity contribution < 1.29 is 4.52 Å². The summed E-state index contributed by atoms with van der Waals surface area (Å²) in [6.07, 6.45) is 6.54. The zero-order valence-electron chi connectivity index (χ0n) is 12.8. The molecule has 1 heterocycles. The molecule has 1 saturated carbocycles. The van der Waals surface area contributed by atoms with Crippen LogP contribution in [0.2, 0.25) is 0 Å². The van der Waals surface area contributed by atoms with Gasteiger partial charge in [-0.1, -0.05) is 19.0 Å². The van der Waals surface area contributed by atoms with Crippen LogP contribution in [0.5, 0.6) is 0 Å². The highest BCUT2D eigenvalue weighted by molar-refractivity contribution is 5.80. The van der Waals surface area contributed by atoms with Crippen LogP contribution in [0.25, 0.3) is 0 Å². The van der Waals surface area contributed by atoms with Gasteiger partial charge in [0.1, 0.15) is 12.0 Å². The molecule has 0 atom stereocenters. The van der Waals surface area contributed by atoms with Gasteiger partial charge < -0.3 is 15.2 Å². The minimum absolute atomic E-state index is 0.494. The lowest BCUT2D eigenvalue weighted by molar-refractivity contribution is 0.216. The summed E-state index contributed by atoms with van der Waals surface area (Å²) < 4.78 is 4.82. The summed E-state index contributed by atoms with van der Waals surface area (Å²) in [5.74, 6) is 0.875. The maximum Gasteiger partial charge on any atom is 0.191 e. The monoisotopic (exact) mass is 278 g/mol. The molecule has 1 aromatic rings. The molecule has 1 aliphatic rings. The van der Waals surface area contributed by atoms with Crippen LogP contribution in [0.4, 0.5) is 0 Å². The highest BCUT2D eigenvalue weighted by Crippen LogP contribution is 2.34. The van der Waals surface area contributed by atoms with E-state index < -0.39 is 0 Å². The van der Waals surface area contributed by atoms with E-state index in [9.17, 15) is 0 Å². The van der Waals surface area contributed by atoms with Gasteiger partial charge in [0.25, 0.3) is 0 Å². The maximum atomic E-state index is 4.82. The first kappa shape index (κ1) is 14.9. The van der Waals surface area contributed by atoms with E-state index in [4.69, 9.17) is 4.52 Å². The van der Waals surface area contributed by atoms with Gasteiger partial charge in [-0.15, -0.1) is 0 Å². The van der Waals surface area contributed by atoms with Crippen molar-refractivity contribution in [2.24, 2.45) is 10.4 Å². The molecule has 1 fully saturated rings. The predicted octanol–water partition coefficient (Wildman–Crippen LogP) is 2.70. The van der Waals surface area contributed by atoms with Crippen molar-refractivity contribution in [3.63, 3.8) is 0 Å². The Labute approximate surface area is 121 Å². The Bertz CT molecular complexity index is 415. The Kier molecular flexibility index (Phi) is 5.04. The zero-order chi connectivity index (χ0) is 14.4. The van der Waals surface area contributed by atoms with Crippen LogP contribution in [0, 0.1) is 5.41 Å². The summed E-state index contributed by atoms with van der Waals surface area (Å²) in [4.78, 5) is 4.56. The molecule has 0 radical (unpaired) electrons. The summed E-state index contributed by atoms with van der Waals surface area (Å²) in [6.45, 7) is 8.20. The normalized spacial score (nSPS) is 19.9. The molecule has 1 aliphatic carbocycles. The van der Waals surface area contributed by atoms with Gasteiger partial charge in [0.05, 0.1) is 6.54 Å². The number of guanidine groups is 1. The van der Waals surface area contributed by atoms with Crippen LogP contribution in [-0.4, -0.2) is 23.7 Å². The second-order valence-electron chi connectivity index (χ2n) is 6.27. The average molecular weight is 278 g/mol. The third-order valence-electron chi connectivity index (χ3n) is 3.91. The fraction of sp³-hybridized carbons (Fsp3) is 0.733.